The first-order valence-electron chi connectivity index (χ1n) is 7.89. The third-order valence-electron chi connectivity index (χ3n) is 4.48. The van der Waals surface area contributed by atoms with Gasteiger partial charge in [-0.2, -0.15) is 0 Å². The number of carbonyl (C=O) groups is 1. The number of fused-ring (bicyclic) bond motifs is 2. The lowest BCUT2D eigenvalue weighted by molar-refractivity contribution is 0.0927. The smallest absolute Gasteiger partial charge is 0.270 e. The number of benzene rings is 1. The first-order valence-corrected chi connectivity index (χ1v) is 7.89. The molecule has 0 radical (unpaired) electrons. The summed E-state index contributed by atoms with van der Waals surface area (Å²) in [5, 5.41) is 3.17. The van der Waals surface area contributed by atoms with Crippen molar-refractivity contribution in [1.29, 1.82) is 0 Å². The van der Waals surface area contributed by atoms with Crippen LogP contribution >= 0.6 is 0 Å². The minimum Gasteiger partial charge on any atom is -0.348 e. The Morgan fingerprint density at radius 3 is 2.96 bits per heavy atom. The molecule has 0 unspecified atom stereocenters. The third-order valence-corrected chi connectivity index (χ3v) is 4.48. The number of imidazole rings is 1. The predicted octanol–water partition coefficient (Wildman–Crippen LogP) is 2.33. The van der Waals surface area contributed by atoms with Crippen LogP contribution in [0.15, 0.2) is 42.7 Å². The van der Waals surface area contributed by atoms with Gasteiger partial charge in [0.05, 0.1) is 5.69 Å². The van der Waals surface area contributed by atoms with Crippen molar-refractivity contribution >= 4 is 11.7 Å². The van der Waals surface area contributed by atoms with E-state index in [1.807, 2.05) is 19.2 Å². The van der Waals surface area contributed by atoms with Gasteiger partial charge in [0.1, 0.15) is 5.69 Å². The number of hydrogen-bond donors (Lipinski definition) is 1. The van der Waals surface area contributed by atoms with Gasteiger partial charge in [0.25, 0.3) is 5.91 Å². The van der Waals surface area contributed by atoms with Gasteiger partial charge in [-0.1, -0.05) is 24.3 Å². The van der Waals surface area contributed by atoms with Crippen LogP contribution in [0.4, 0.5) is 0 Å². The van der Waals surface area contributed by atoms with E-state index < -0.39 is 0 Å². The van der Waals surface area contributed by atoms with Crippen molar-refractivity contribution < 1.29 is 4.79 Å². The van der Waals surface area contributed by atoms with E-state index in [0.29, 0.717) is 17.2 Å². The van der Waals surface area contributed by atoms with E-state index in [1.165, 1.54) is 11.1 Å². The maximum absolute atomic E-state index is 12.7. The Kier molecular flexibility index (Phi) is 3.33. The van der Waals surface area contributed by atoms with Crippen molar-refractivity contribution in [3.8, 4) is 0 Å². The fourth-order valence-electron chi connectivity index (χ4n) is 3.35. The van der Waals surface area contributed by atoms with E-state index >= 15 is 0 Å². The van der Waals surface area contributed by atoms with E-state index in [2.05, 4.69) is 39.6 Å². The predicted molar refractivity (Wildman–Crippen MR) is 87.4 cm³/mol. The van der Waals surface area contributed by atoms with Crippen LogP contribution in [0.3, 0.4) is 0 Å². The number of hydrogen-bond acceptors (Lipinski definition) is 3. The van der Waals surface area contributed by atoms with Gasteiger partial charge in [-0.05, 0) is 43.4 Å². The first-order chi connectivity index (χ1) is 11.2. The maximum Gasteiger partial charge on any atom is 0.270 e. The summed E-state index contributed by atoms with van der Waals surface area (Å²) in [6.45, 7) is 1.85. The lowest BCUT2D eigenvalue weighted by Gasteiger charge is -2.25. The molecule has 1 atom stereocenters. The van der Waals surface area contributed by atoms with Gasteiger partial charge in [0.15, 0.2) is 0 Å². The molecule has 0 fully saturated rings. The topological polar surface area (TPSA) is 59.3 Å². The molecule has 0 bridgehead atoms. The molecule has 4 rings (SSSR count). The molecule has 0 aliphatic heterocycles. The number of amides is 1. The lowest BCUT2D eigenvalue weighted by atomic mass is 9.88. The Balaban J connectivity index is 1.57. The Hall–Kier alpha value is -2.69. The van der Waals surface area contributed by atoms with Crippen molar-refractivity contribution in [1.82, 2.24) is 19.7 Å². The highest BCUT2D eigenvalue weighted by Crippen LogP contribution is 2.21. The molecule has 1 aromatic carbocycles. The first kappa shape index (κ1) is 13.9. The second-order valence-electron chi connectivity index (χ2n) is 6.02. The molecule has 0 spiro atoms. The van der Waals surface area contributed by atoms with E-state index in [1.54, 1.807) is 10.6 Å². The summed E-state index contributed by atoms with van der Waals surface area (Å²) >= 11 is 0. The number of aromatic nitrogens is 3. The molecular weight excluding hydrogens is 288 g/mol. The van der Waals surface area contributed by atoms with Crippen LogP contribution in [-0.4, -0.2) is 26.3 Å². The fraction of sp³-hybridized carbons (Fsp3) is 0.278. The largest absolute Gasteiger partial charge is 0.348 e. The molecule has 3 aromatic rings. The van der Waals surface area contributed by atoms with E-state index in [4.69, 9.17) is 0 Å². The highest BCUT2D eigenvalue weighted by molar-refractivity contribution is 5.94. The molecular formula is C18H18N4O. The highest BCUT2D eigenvalue weighted by atomic mass is 16.2. The zero-order valence-electron chi connectivity index (χ0n) is 13.0. The Bertz CT molecular complexity index is 884. The molecule has 0 saturated carbocycles. The SMILES string of the molecule is Cc1nc2ncccn2c1C(=O)N[C@H]1CCc2ccccc2C1. The van der Waals surface area contributed by atoms with Gasteiger partial charge >= 0.3 is 0 Å². The monoisotopic (exact) mass is 306 g/mol. The van der Waals surface area contributed by atoms with Crippen LogP contribution in [0.1, 0.15) is 33.7 Å². The number of carbonyl (C=O) groups excluding carboxylic acids is 1. The number of nitrogens with one attached hydrogen (secondary N) is 1. The normalized spacial score (nSPS) is 17.0. The maximum atomic E-state index is 12.7. The quantitative estimate of drug-likeness (QED) is 0.790. The Morgan fingerprint density at radius 1 is 1.26 bits per heavy atom. The minimum absolute atomic E-state index is 0.0765. The zero-order chi connectivity index (χ0) is 15.8. The van der Waals surface area contributed by atoms with Gasteiger partial charge in [-0.3, -0.25) is 9.20 Å². The molecule has 1 aliphatic carbocycles. The Labute approximate surface area is 134 Å². The van der Waals surface area contributed by atoms with Gasteiger partial charge in [0, 0.05) is 18.4 Å². The van der Waals surface area contributed by atoms with Crippen molar-refractivity contribution in [2.45, 2.75) is 32.2 Å². The summed E-state index contributed by atoms with van der Waals surface area (Å²) in [5.41, 5.74) is 4.01. The number of rotatable bonds is 2. The number of nitrogens with zero attached hydrogens (tertiary/aromatic N) is 3. The van der Waals surface area contributed by atoms with Crippen molar-refractivity contribution in [3.63, 3.8) is 0 Å². The summed E-state index contributed by atoms with van der Waals surface area (Å²) in [6, 6.07) is 10.4. The van der Waals surface area contributed by atoms with Gasteiger partial charge < -0.3 is 5.32 Å². The third kappa shape index (κ3) is 2.48. The average molecular weight is 306 g/mol. The van der Waals surface area contributed by atoms with E-state index in [-0.39, 0.29) is 11.9 Å². The molecule has 0 saturated heterocycles. The van der Waals surface area contributed by atoms with Crippen molar-refractivity contribution in [3.05, 3.63) is 65.2 Å². The molecule has 5 nitrogen and oxygen atoms in total. The van der Waals surface area contributed by atoms with Crippen LogP contribution in [-0.2, 0) is 12.8 Å². The van der Waals surface area contributed by atoms with E-state index in [0.717, 1.165) is 19.3 Å². The minimum atomic E-state index is -0.0765. The lowest BCUT2D eigenvalue weighted by Crippen LogP contribution is -2.39. The summed E-state index contributed by atoms with van der Waals surface area (Å²) in [7, 11) is 0. The van der Waals surface area contributed by atoms with Crippen LogP contribution in [0.25, 0.3) is 5.78 Å². The highest BCUT2D eigenvalue weighted by Gasteiger charge is 2.23. The Morgan fingerprint density at radius 2 is 2.09 bits per heavy atom. The second-order valence-corrected chi connectivity index (χ2v) is 6.02. The molecule has 1 aliphatic rings. The molecule has 5 heteroatoms. The molecule has 1 amide bonds. The summed E-state index contributed by atoms with van der Waals surface area (Å²) < 4.78 is 1.75. The van der Waals surface area contributed by atoms with Crippen molar-refractivity contribution in [2.75, 3.05) is 0 Å². The van der Waals surface area contributed by atoms with Crippen LogP contribution in [0.5, 0.6) is 0 Å². The molecule has 23 heavy (non-hydrogen) atoms. The average Bonchev–Trinajstić information content (AvgIpc) is 2.90. The zero-order valence-corrected chi connectivity index (χ0v) is 13.0. The van der Waals surface area contributed by atoms with E-state index in [9.17, 15) is 4.79 Å². The summed E-state index contributed by atoms with van der Waals surface area (Å²) in [5.74, 6) is 0.483. The summed E-state index contributed by atoms with van der Waals surface area (Å²) in [4.78, 5) is 21.3. The molecule has 2 heterocycles. The molecule has 1 N–H and O–H groups in total. The fourth-order valence-corrected chi connectivity index (χ4v) is 3.35. The van der Waals surface area contributed by atoms with Gasteiger partial charge in [-0.25, -0.2) is 9.97 Å². The van der Waals surface area contributed by atoms with Crippen molar-refractivity contribution in [2.24, 2.45) is 0 Å². The summed E-state index contributed by atoms with van der Waals surface area (Å²) in [6.07, 6.45) is 6.37. The second kappa shape index (κ2) is 5.50. The van der Waals surface area contributed by atoms with Crippen LogP contribution in [0.2, 0.25) is 0 Å². The van der Waals surface area contributed by atoms with Crippen LogP contribution in [0, 0.1) is 6.92 Å². The van der Waals surface area contributed by atoms with Crippen LogP contribution < -0.4 is 5.32 Å². The van der Waals surface area contributed by atoms with Gasteiger partial charge in [0.2, 0.25) is 5.78 Å². The molecule has 2 aromatic heterocycles. The van der Waals surface area contributed by atoms with Gasteiger partial charge in [-0.15, -0.1) is 0 Å². The standard InChI is InChI=1S/C18H18N4O/c1-12-16(22-10-4-9-19-18(22)20-12)17(23)21-15-8-7-13-5-2-3-6-14(13)11-15/h2-6,9-10,15H,7-8,11H2,1H3,(H,21,23)/t15-/m0/s1. The molecule has 116 valence electrons. The number of aryl methyl sites for hydroxylation is 2.